The average molecular weight is 476 g/mol. The van der Waals surface area contributed by atoms with E-state index >= 15 is 0 Å². The van der Waals surface area contributed by atoms with Crippen molar-refractivity contribution < 1.29 is 9.84 Å². The first kappa shape index (κ1) is 24.9. The number of aryl methyl sites for hydroxylation is 1. The van der Waals surface area contributed by atoms with Gasteiger partial charge in [-0.25, -0.2) is 4.98 Å². The summed E-state index contributed by atoms with van der Waals surface area (Å²) in [5.41, 5.74) is 6.17. The van der Waals surface area contributed by atoms with E-state index < -0.39 is 5.60 Å². The molecule has 0 aliphatic rings. The van der Waals surface area contributed by atoms with Gasteiger partial charge >= 0.3 is 0 Å². The van der Waals surface area contributed by atoms with Crippen LogP contribution in [-0.2, 0) is 6.42 Å². The molecule has 1 aromatic carbocycles. The Bertz CT molecular complexity index is 1240. The van der Waals surface area contributed by atoms with Gasteiger partial charge in [-0.2, -0.15) is 5.10 Å². The van der Waals surface area contributed by atoms with Crippen molar-refractivity contribution in [3.63, 3.8) is 0 Å². The van der Waals surface area contributed by atoms with Gasteiger partial charge in [0.05, 0.1) is 24.1 Å². The molecular formula is C28H37N5O2. The topological polar surface area (TPSA) is 98.9 Å². The standard InChI is InChI=1S/C28H37N5O2/c1-18(2)14-29-11-6-12-35-22-9-7-20(8-10-22)26-23(13-28(4,5)34)25-19(3)24(17-30-27(25)33-26)21-15-31-32-16-21/h7-10,15-18,29,34H,6,11-14H2,1-5H3,(H,30,33)(H,31,32). The molecule has 0 bridgehead atoms. The Hall–Kier alpha value is -3.16. The summed E-state index contributed by atoms with van der Waals surface area (Å²) in [7, 11) is 0. The Morgan fingerprint density at radius 1 is 1.11 bits per heavy atom. The quantitative estimate of drug-likeness (QED) is 0.222. The van der Waals surface area contributed by atoms with Crippen LogP contribution in [0.15, 0.2) is 42.9 Å². The van der Waals surface area contributed by atoms with Crippen LogP contribution in [0.4, 0.5) is 0 Å². The van der Waals surface area contributed by atoms with Gasteiger partial charge in [-0.3, -0.25) is 5.10 Å². The van der Waals surface area contributed by atoms with Gasteiger partial charge in [0.25, 0.3) is 0 Å². The molecule has 0 unspecified atom stereocenters. The highest BCUT2D eigenvalue weighted by Crippen LogP contribution is 2.37. The van der Waals surface area contributed by atoms with Gasteiger partial charge in [0, 0.05) is 35.3 Å². The molecule has 7 nitrogen and oxygen atoms in total. The van der Waals surface area contributed by atoms with E-state index in [4.69, 9.17) is 9.72 Å². The average Bonchev–Trinajstić information content (AvgIpc) is 3.45. The molecule has 7 heteroatoms. The molecule has 0 amide bonds. The lowest BCUT2D eigenvalue weighted by molar-refractivity contribution is 0.0814. The minimum Gasteiger partial charge on any atom is -0.494 e. The van der Waals surface area contributed by atoms with E-state index in [-0.39, 0.29) is 0 Å². The van der Waals surface area contributed by atoms with Crippen molar-refractivity contribution in [2.24, 2.45) is 5.92 Å². The molecule has 0 radical (unpaired) electrons. The van der Waals surface area contributed by atoms with Gasteiger partial charge in [0.1, 0.15) is 11.4 Å². The molecule has 4 rings (SSSR count). The van der Waals surface area contributed by atoms with Crippen molar-refractivity contribution >= 4 is 11.0 Å². The molecule has 4 aromatic rings. The molecule has 4 N–H and O–H groups in total. The van der Waals surface area contributed by atoms with Crippen LogP contribution in [0, 0.1) is 12.8 Å². The van der Waals surface area contributed by atoms with Crippen LogP contribution in [0.1, 0.15) is 45.2 Å². The van der Waals surface area contributed by atoms with E-state index in [9.17, 15) is 5.11 Å². The molecule has 0 spiro atoms. The fourth-order valence-electron chi connectivity index (χ4n) is 4.43. The number of hydrogen-bond acceptors (Lipinski definition) is 5. The number of nitrogens with zero attached hydrogens (tertiary/aromatic N) is 2. The third-order valence-corrected chi connectivity index (χ3v) is 6.07. The Labute approximate surface area is 207 Å². The summed E-state index contributed by atoms with van der Waals surface area (Å²) < 4.78 is 5.94. The normalized spacial score (nSPS) is 12.1. The third-order valence-electron chi connectivity index (χ3n) is 6.07. The molecule has 3 aromatic heterocycles. The van der Waals surface area contributed by atoms with Gasteiger partial charge in [0.15, 0.2) is 0 Å². The summed E-state index contributed by atoms with van der Waals surface area (Å²) in [5.74, 6) is 1.51. The summed E-state index contributed by atoms with van der Waals surface area (Å²) in [5, 5.41) is 22.2. The van der Waals surface area contributed by atoms with E-state index in [0.717, 1.165) is 69.8 Å². The van der Waals surface area contributed by atoms with Gasteiger partial charge in [-0.1, -0.05) is 13.8 Å². The van der Waals surface area contributed by atoms with Gasteiger partial charge in [0.2, 0.25) is 0 Å². The number of aromatic amines is 2. The minimum absolute atomic E-state index is 0.501. The zero-order valence-electron chi connectivity index (χ0n) is 21.4. The maximum Gasteiger partial charge on any atom is 0.138 e. The van der Waals surface area contributed by atoms with Crippen LogP contribution >= 0.6 is 0 Å². The third kappa shape index (κ3) is 6.10. The van der Waals surface area contributed by atoms with E-state index in [0.29, 0.717) is 18.9 Å². The number of rotatable bonds is 11. The first-order chi connectivity index (χ1) is 16.7. The van der Waals surface area contributed by atoms with Gasteiger partial charge in [-0.15, -0.1) is 0 Å². The lowest BCUT2D eigenvalue weighted by Gasteiger charge is -2.18. The van der Waals surface area contributed by atoms with Gasteiger partial charge < -0.3 is 20.1 Å². The maximum absolute atomic E-state index is 10.7. The van der Waals surface area contributed by atoms with Crippen molar-refractivity contribution in [1.29, 1.82) is 0 Å². The maximum atomic E-state index is 10.7. The molecular weight excluding hydrogens is 438 g/mol. The van der Waals surface area contributed by atoms with Crippen molar-refractivity contribution in [2.45, 2.75) is 53.1 Å². The number of aromatic nitrogens is 4. The summed E-state index contributed by atoms with van der Waals surface area (Å²) in [6.45, 7) is 12.9. The molecule has 35 heavy (non-hydrogen) atoms. The smallest absolute Gasteiger partial charge is 0.138 e. The number of hydrogen-bond donors (Lipinski definition) is 4. The van der Waals surface area contributed by atoms with Crippen molar-refractivity contribution in [2.75, 3.05) is 19.7 Å². The van der Waals surface area contributed by atoms with Crippen molar-refractivity contribution in [3.05, 3.63) is 54.0 Å². The van der Waals surface area contributed by atoms with Gasteiger partial charge in [-0.05, 0) is 87.2 Å². The van der Waals surface area contributed by atoms with Crippen LogP contribution < -0.4 is 10.1 Å². The predicted octanol–water partition coefficient (Wildman–Crippen LogP) is 5.26. The second-order valence-corrected chi connectivity index (χ2v) is 10.3. The first-order valence-corrected chi connectivity index (χ1v) is 12.4. The zero-order chi connectivity index (χ0) is 25.0. The highest BCUT2D eigenvalue weighted by Gasteiger charge is 2.24. The van der Waals surface area contributed by atoms with Crippen LogP contribution in [-0.4, -0.2) is 50.6 Å². The molecule has 0 fully saturated rings. The van der Waals surface area contributed by atoms with E-state index in [2.05, 4.69) is 53.4 Å². The Morgan fingerprint density at radius 3 is 2.54 bits per heavy atom. The molecule has 0 saturated heterocycles. The van der Waals surface area contributed by atoms with Crippen molar-refractivity contribution in [1.82, 2.24) is 25.5 Å². The predicted molar refractivity (Wildman–Crippen MR) is 142 cm³/mol. The van der Waals surface area contributed by atoms with Crippen molar-refractivity contribution in [3.8, 4) is 28.1 Å². The first-order valence-electron chi connectivity index (χ1n) is 12.4. The van der Waals surface area contributed by atoms with E-state index in [1.54, 1.807) is 6.20 Å². The number of pyridine rings is 1. The number of nitrogens with one attached hydrogen (secondary N) is 3. The highest BCUT2D eigenvalue weighted by molar-refractivity contribution is 5.94. The van der Waals surface area contributed by atoms with Crippen LogP contribution in [0.3, 0.4) is 0 Å². The largest absolute Gasteiger partial charge is 0.494 e. The number of ether oxygens (including phenoxy) is 1. The second kappa shape index (κ2) is 10.6. The van der Waals surface area contributed by atoms with Crippen LogP contribution in [0.25, 0.3) is 33.4 Å². The number of H-pyrrole nitrogens is 2. The van der Waals surface area contributed by atoms with Crippen LogP contribution in [0.5, 0.6) is 5.75 Å². The fourth-order valence-corrected chi connectivity index (χ4v) is 4.43. The van der Waals surface area contributed by atoms with E-state index in [1.807, 2.05) is 38.4 Å². The molecule has 0 aliphatic carbocycles. The number of fused-ring (bicyclic) bond motifs is 1. The zero-order valence-corrected chi connectivity index (χ0v) is 21.4. The highest BCUT2D eigenvalue weighted by atomic mass is 16.5. The monoisotopic (exact) mass is 475 g/mol. The lowest BCUT2D eigenvalue weighted by atomic mass is 9.92. The Balaban J connectivity index is 1.59. The summed E-state index contributed by atoms with van der Waals surface area (Å²) >= 11 is 0. The summed E-state index contributed by atoms with van der Waals surface area (Å²) in [4.78, 5) is 8.24. The SMILES string of the molecule is Cc1c(-c2cn[nH]c2)cnc2[nH]c(-c3ccc(OCCCNCC(C)C)cc3)c(CC(C)(C)O)c12. The molecule has 0 atom stereocenters. The lowest BCUT2D eigenvalue weighted by Crippen LogP contribution is -2.22. The Morgan fingerprint density at radius 2 is 1.89 bits per heavy atom. The fraction of sp³-hybridized carbons (Fsp3) is 0.429. The molecule has 0 saturated carbocycles. The molecule has 186 valence electrons. The minimum atomic E-state index is -0.866. The number of aliphatic hydroxyl groups is 1. The van der Waals surface area contributed by atoms with Crippen LogP contribution in [0.2, 0.25) is 0 Å². The molecule has 3 heterocycles. The number of benzene rings is 1. The summed E-state index contributed by atoms with van der Waals surface area (Å²) in [6, 6.07) is 8.15. The Kier molecular flexibility index (Phi) is 7.57. The summed E-state index contributed by atoms with van der Waals surface area (Å²) in [6.07, 6.45) is 7.03. The second-order valence-electron chi connectivity index (χ2n) is 10.3. The van der Waals surface area contributed by atoms with E-state index in [1.165, 1.54) is 0 Å². The molecule has 0 aliphatic heterocycles.